The maximum atomic E-state index is 12.6. The summed E-state index contributed by atoms with van der Waals surface area (Å²) in [4.78, 5) is 11.8. The van der Waals surface area contributed by atoms with Crippen LogP contribution in [0.15, 0.2) is 41.3 Å². The lowest BCUT2D eigenvalue weighted by molar-refractivity contribution is 0.101. The van der Waals surface area contributed by atoms with E-state index in [1.165, 1.54) is 31.7 Å². The molecule has 0 atom stereocenters. The first-order chi connectivity index (χ1) is 11.4. The van der Waals surface area contributed by atoms with Crippen molar-refractivity contribution < 1.29 is 22.1 Å². The van der Waals surface area contributed by atoms with Gasteiger partial charge in [-0.2, -0.15) is 8.42 Å². The highest BCUT2D eigenvalue weighted by Gasteiger charge is 2.22. The first-order valence-electron chi connectivity index (χ1n) is 7.66. The molecule has 1 aliphatic rings. The highest BCUT2D eigenvalue weighted by molar-refractivity contribution is 7.87. The van der Waals surface area contributed by atoms with Gasteiger partial charge >= 0.3 is 10.1 Å². The van der Waals surface area contributed by atoms with Crippen molar-refractivity contribution in [1.82, 2.24) is 0 Å². The molecule has 0 amide bonds. The van der Waals surface area contributed by atoms with Gasteiger partial charge in [0.1, 0.15) is 10.6 Å². The Morgan fingerprint density at radius 3 is 2.50 bits per heavy atom. The van der Waals surface area contributed by atoms with Gasteiger partial charge in [0, 0.05) is 6.07 Å². The first-order valence-corrected chi connectivity index (χ1v) is 9.07. The van der Waals surface area contributed by atoms with Crippen LogP contribution in [0.3, 0.4) is 0 Å². The SMILES string of the molecule is COc1ccc(C(C)=O)c(OS(=O)(=O)c2ccc3c(c2)CCC3)c1. The van der Waals surface area contributed by atoms with Crippen LogP contribution in [0.1, 0.15) is 34.8 Å². The van der Waals surface area contributed by atoms with Gasteiger partial charge in [-0.3, -0.25) is 4.79 Å². The van der Waals surface area contributed by atoms with Crippen LogP contribution in [-0.4, -0.2) is 21.3 Å². The summed E-state index contributed by atoms with van der Waals surface area (Å²) in [6.45, 7) is 1.36. The fourth-order valence-corrected chi connectivity index (χ4v) is 3.85. The van der Waals surface area contributed by atoms with Crippen LogP contribution in [0, 0.1) is 0 Å². The summed E-state index contributed by atoms with van der Waals surface area (Å²) in [5.41, 5.74) is 2.41. The maximum absolute atomic E-state index is 12.6. The van der Waals surface area contributed by atoms with Crippen LogP contribution in [0.25, 0.3) is 0 Å². The predicted molar refractivity (Wildman–Crippen MR) is 89.3 cm³/mol. The van der Waals surface area contributed by atoms with Crippen LogP contribution in [-0.2, 0) is 23.0 Å². The summed E-state index contributed by atoms with van der Waals surface area (Å²) in [5.74, 6) is 0.110. The van der Waals surface area contributed by atoms with Crippen LogP contribution in [0.5, 0.6) is 11.5 Å². The number of carbonyl (C=O) groups is 1. The van der Waals surface area contributed by atoms with Crippen molar-refractivity contribution in [2.24, 2.45) is 0 Å². The van der Waals surface area contributed by atoms with Crippen molar-refractivity contribution in [3.63, 3.8) is 0 Å². The van der Waals surface area contributed by atoms with Crippen molar-refractivity contribution in [3.05, 3.63) is 53.1 Å². The molecule has 0 heterocycles. The van der Waals surface area contributed by atoms with Crippen molar-refractivity contribution in [1.29, 1.82) is 0 Å². The average molecular weight is 346 g/mol. The molecule has 0 aliphatic heterocycles. The molecule has 0 saturated heterocycles. The van der Waals surface area contributed by atoms with Gasteiger partial charge in [0.15, 0.2) is 11.5 Å². The number of fused-ring (bicyclic) bond motifs is 1. The number of Topliss-reactive ketones (excluding diaryl/α,β-unsaturated/α-hetero) is 1. The second kappa shape index (κ2) is 6.28. The fourth-order valence-electron chi connectivity index (χ4n) is 2.86. The molecule has 2 aromatic rings. The standard InChI is InChI=1S/C18H18O5S/c1-12(19)17-9-7-15(22-2)11-18(17)23-24(20,21)16-8-6-13-4-3-5-14(13)10-16/h6-11H,3-5H2,1-2H3. The highest BCUT2D eigenvalue weighted by Crippen LogP contribution is 2.30. The number of methoxy groups -OCH3 is 1. The maximum Gasteiger partial charge on any atom is 0.339 e. The van der Waals surface area contributed by atoms with Gasteiger partial charge in [0.05, 0.1) is 12.7 Å². The molecule has 6 heteroatoms. The van der Waals surface area contributed by atoms with Gasteiger partial charge in [-0.25, -0.2) is 0 Å². The van der Waals surface area contributed by atoms with Crippen molar-refractivity contribution in [3.8, 4) is 11.5 Å². The Labute approximate surface area is 141 Å². The number of benzene rings is 2. The van der Waals surface area contributed by atoms with Crippen LogP contribution >= 0.6 is 0 Å². The zero-order valence-corrected chi connectivity index (χ0v) is 14.4. The third-order valence-electron chi connectivity index (χ3n) is 4.13. The zero-order chi connectivity index (χ0) is 17.3. The number of ketones is 1. The topological polar surface area (TPSA) is 69.7 Å². The van der Waals surface area contributed by atoms with E-state index in [1.807, 2.05) is 6.07 Å². The van der Waals surface area contributed by atoms with E-state index >= 15 is 0 Å². The lowest BCUT2D eigenvalue weighted by atomic mass is 10.1. The molecule has 5 nitrogen and oxygen atoms in total. The Hall–Kier alpha value is -2.34. The van der Waals surface area contributed by atoms with Gasteiger partial charge in [0.2, 0.25) is 0 Å². The predicted octanol–water partition coefficient (Wildman–Crippen LogP) is 3.15. The molecule has 0 saturated carbocycles. The van der Waals surface area contributed by atoms with Crippen LogP contribution in [0.2, 0.25) is 0 Å². The second-order valence-electron chi connectivity index (χ2n) is 5.74. The monoisotopic (exact) mass is 346 g/mol. The molecule has 0 radical (unpaired) electrons. The molecule has 0 N–H and O–H groups in total. The van der Waals surface area contributed by atoms with E-state index in [0.717, 1.165) is 24.8 Å². The molecule has 0 unspecified atom stereocenters. The normalized spacial score (nSPS) is 13.4. The minimum Gasteiger partial charge on any atom is -0.497 e. The molecule has 3 rings (SSSR count). The summed E-state index contributed by atoms with van der Waals surface area (Å²) in [7, 11) is -2.56. The molecule has 0 bridgehead atoms. The van der Waals surface area contributed by atoms with E-state index in [9.17, 15) is 13.2 Å². The number of hydrogen-bond donors (Lipinski definition) is 0. The van der Waals surface area contributed by atoms with E-state index in [-0.39, 0.29) is 22.0 Å². The summed E-state index contributed by atoms with van der Waals surface area (Å²) in [6, 6.07) is 9.52. The zero-order valence-electron chi connectivity index (χ0n) is 13.5. The van der Waals surface area contributed by atoms with Gasteiger partial charge in [-0.15, -0.1) is 0 Å². The summed E-state index contributed by atoms with van der Waals surface area (Å²) in [5, 5.41) is 0. The largest absolute Gasteiger partial charge is 0.497 e. The van der Waals surface area contributed by atoms with E-state index < -0.39 is 10.1 Å². The molecular formula is C18H18O5S. The Kier molecular flexibility index (Phi) is 4.32. The van der Waals surface area contributed by atoms with E-state index in [1.54, 1.807) is 18.2 Å². The Morgan fingerprint density at radius 2 is 1.79 bits per heavy atom. The van der Waals surface area contributed by atoms with Crippen LogP contribution < -0.4 is 8.92 Å². The number of carbonyl (C=O) groups excluding carboxylic acids is 1. The molecule has 126 valence electrons. The van der Waals surface area contributed by atoms with E-state index in [4.69, 9.17) is 8.92 Å². The second-order valence-corrected chi connectivity index (χ2v) is 7.29. The van der Waals surface area contributed by atoms with Gasteiger partial charge < -0.3 is 8.92 Å². The van der Waals surface area contributed by atoms with Gasteiger partial charge in [-0.05, 0) is 61.6 Å². The summed E-state index contributed by atoms with van der Waals surface area (Å²) in [6.07, 6.45) is 2.88. The van der Waals surface area contributed by atoms with Gasteiger partial charge in [-0.1, -0.05) is 6.07 Å². The average Bonchev–Trinajstić information content (AvgIpc) is 3.01. The van der Waals surface area contributed by atoms with E-state index in [0.29, 0.717) is 5.75 Å². The van der Waals surface area contributed by atoms with E-state index in [2.05, 4.69) is 0 Å². The van der Waals surface area contributed by atoms with Crippen LogP contribution in [0.4, 0.5) is 0 Å². The quantitative estimate of drug-likeness (QED) is 0.614. The van der Waals surface area contributed by atoms with Crippen molar-refractivity contribution >= 4 is 15.9 Å². The number of ether oxygens (including phenoxy) is 1. The van der Waals surface area contributed by atoms with Crippen molar-refractivity contribution in [2.45, 2.75) is 31.1 Å². The van der Waals surface area contributed by atoms with Crippen molar-refractivity contribution in [2.75, 3.05) is 7.11 Å². The summed E-state index contributed by atoms with van der Waals surface area (Å²) < 4.78 is 35.5. The fraction of sp³-hybridized carbons (Fsp3) is 0.278. The minimum absolute atomic E-state index is 0.0256. The minimum atomic E-state index is -4.02. The number of rotatable bonds is 5. The first kappa shape index (κ1) is 16.5. The number of hydrogen-bond acceptors (Lipinski definition) is 5. The molecule has 0 spiro atoms. The molecule has 2 aromatic carbocycles. The Morgan fingerprint density at radius 1 is 1.04 bits per heavy atom. The lowest BCUT2D eigenvalue weighted by Crippen LogP contribution is -2.12. The molecule has 0 fully saturated rings. The van der Waals surface area contributed by atoms with Gasteiger partial charge in [0.25, 0.3) is 0 Å². The molecule has 1 aliphatic carbocycles. The molecular weight excluding hydrogens is 328 g/mol. The molecule has 24 heavy (non-hydrogen) atoms. The number of aryl methyl sites for hydroxylation is 2. The summed E-state index contributed by atoms with van der Waals surface area (Å²) >= 11 is 0. The third kappa shape index (κ3) is 3.14. The molecule has 0 aromatic heterocycles. The third-order valence-corrected chi connectivity index (χ3v) is 5.36. The smallest absolute Gasteiger partial charge is 0.339 e. The Balaban J connectivity index is 1.99. The lowest BCUT2D eigenvalue weighted by Gasteiger charge is -2.12. The Bertz CT molecular complexity index is 900. The highest BCUT2D eigenvalue weighted by atomic mass is 32.2.